The molecule has 0 aliphatic carbocycles. The van der Waals surface area contributed by atoms with Crippen LogP contribution in [0.1, 0.15) is 66.7 Å². The number of rotatable bonds is 14. The van der Waals surface area contributed by atoms with E-state index in [2.05, 4.69) is 35.6 Å². The Kier molecular flexibility index (Phi) is 14.2. The molecule has 35 heavy (non-hydrogen) atoms. The molecule has 2 aromatic rings. The van der Waals surface area contributed by atoms with E-state index in [0.29, 0.717) is 46.0 Å². The third-order valence-corrected chi connectivity index (χ3v) is 7.58. The predicted octanol–water partition coefficient (Wildman–Crippen LogP) is 6.93. The molecule has 198 valence electrons. The largest absolute Gasteiger partial charge is 0.494 e. The smallest absolute Gasteiger partial charge is 0.225 e. The van der Waals surface area contributed by atoms with Crippen molar-refractivity contribution in [1.82, 2.24) is 9.97 Å². The second-order valence-corrected chi connectivity index (χ2v) is 11.6. The second kappa shape index (κ2) is 16.0. The summed E-state index contributed by atoms with van der Waals surface area (Å²) in [5.74, 6) is 3.09. The molecule has 2 atom stereocenters. The Bertz CT molecular complexity index is 952. The van der Waals surface area contributed by atoms with Gasteiger partial charge in [-0.3, -0.25) is 0 Å². The Labute approximate surface area is 218 Å². The van der Waals surface area contributed by atoms with Crippen LogP contribution in [0.4, 0.5) is 5.95 Å². The zero-order chi connectivity index (χ0) is 26.4. The first-order valence-electron chi connectivity index (χ1n) is 12.7. The van der Waals surface area contributed by atoms with Crippen LogP contribution in [0.3, 0.4) is 0 Å². The lowest BCUT2D eigenvalue weighted by atomic mass is 9.84. The number of aromatic nitrogens is 2. The molecule has 0 bridgehead atoms. The summed E-state index contributed by atoms with van der Waals surface area (Å²) < 4.78 is 29.4. The summed E-state index contributed by atoms with van der Waals surface area (Å²) in [5.41, 5.74) is 0. The average molecular weight is 526 g/mol. The number of ether oxygens (including phenoxy) is 1. The Balaban J connectivity index is 0.00000298. The van der Waals surface area contributed by atoms with E-state index in [-0.39, 0.29) is 0 Å². The molecule has 1 aromatic heterocycles. The van der Waals surface area contributed by atoms with Crippen LogP contribution >= 0.6 is 11.6 Å². The van der Waals surface area contributed by atoms with Crippen LogP contribution < -0.4 is 9.64 Å². The van der Waals surface area contributed by atoms with Crippen LogP contribution in [-0.2, 0) is 9.84 Å². The van der Waals surface area contributed by atoms with E-state index in [0.717, 1.165) is 32.2 Å². The fraction of sp³-hybridized carbons (Fsp3) is 0.630. The molecular weight excluding hydrogens is 482 g/mol. The van der Waals surface area contributed by atoms with Gasteiger partial charge in [0.1, 0.15) is 5.75 Å². The molecule has 0 radical (unpaired) electrons. The van der Waals surface area contributed by atoms with E-state index in [1.807, 2.05) is 27.0 Å². The summed E-state index contributed by atoms with van der Waals surface area (Å²) in [6, 6.07) is 6.74. The molecule has 0 fully saturated rings. The lowest BCUT2D eigenvalue weighted by Gasteiger charge is -2.25. The lowest BCUT2D eigenvalue weighted by Crippen LogP contribution is -2.23. The topological polar surface area (TPSA) is 72.4 Å². The van der Waals surface area contributed by atoms with E-state index >= 15 is 0 Å². The molecule has 1 aromatic carbocycles. The van der Waals surface area contributed by atoms with Crippen molar-refractivity contribution in [3.63, 3.8) is 0 Å². The number of hydrogen-bond donors (Lipinski definition) is 0. The van der Waals surface area contributed by atoms with E-state index < -0.39 is 9.84 Å². The molecule has 0 saturated heterocycles. The van der Waals surface area contributed by atoms with Crippen molar-refractivity contribution in [2.24, 2.45) is 17.8 Å². The highest BCUT2D eigenvalue weighted by atomic mass is 35.5. The summed E-state index contributed by atoms with van der Waals surface area (Å²) in [6.45, 7) is 12.3. The van der Waals surface area contributed by atoms with E-state index in [1.54, 1.807) is 30.6 Å². The van der Waals surface area contributed by atoms with Gasteiger partial charge in [0.05, 0.1) is 28.9 Å². The van der Waals surface area contributed by atoms with E-state index in [1.165, 1.54) is 12.7 Å². The minimum atomic E-state index is -3.23. The number of anilines is 1. The van der Waals surface area contributed by atoms with Gasteiger partial charge in [0.25, 0.3) is 0 Å². The van der Waals surface area contributed by atoms with E-state index in [4.69, 9.17) is 16.3 Å². The van der Waals surface area contributed by atoms with Crippen LogP contribution in [0, 0.1) is 17.8 Å². The molecule has 0 spiro atoms. The summed E-state index contributed by atoms with van der Waals surface area (Å²) in [4.78, 5) is 11.0. The van der Waals surface area contributed by atoms with Gasteiger partial charge < -0.3 is 9.64 Å². The molecular formula is C27H44ClN3O3S. The van der Waals surface area contributed by atoms with Crippen LogP contribution in [-0.4, -0.2) is 44.8 Å². The summed E-state index contributed by atoms with van der Waals surface area (Å²) >= 11 is 5.88. The molecule has 6 nitrogen and oxygen atoms in total. The average Bonchev–Trinajstić information content (AvgIpc) is 2.84. The highest BCUT2D eigenvalue weighted by Gasteiger charge is 2.17. The summed E-state index contributed by atoms with van der Waals surface area (Å²) in [5, 5.41) is 0.547. The minimum Gasteiger partial charge on any atom is -0.494 e. The van der Waals surface area contributed by atoms with Gasteiger partial charge in [0.2, 0.25) is 5.95 Å². The van der Waals surface area contributed by atoms with Crippen molar-refractivity contribution in [1.29, 1.82) is 0 Å². The van der Waals surface area contributed by atoms with Crippen LogP contribution in [0.2, 0.25) is 5.02 Å². The molecule has 0 aliphatic rings. The number of sulfone groups is 1. The van der Waals surface area contributed by atoms with Crippen LogP contribution in [0.5, 0.6) is 5.75 Å². The minimum absolute atomic E-state index is 0.292. The fourth-order valence-electron chi connectivity index (χ4n) is 3.91. The predicted molar refractivity (Wildman–Crippen MR) is 147 cm³/mol. The first-order valence-corrected chi connectivity index (χ1v) is 15.0. The Hall–Kier alpha value is -1.86. The number of hydrogen-bond acceptors (Lipinski definition) is 6. The zero-order valence-electron chi connectivity index (χ0n) is 22.5. The van der Waals surface area contributed by atoms with Crippen molar-refractivity contribution in [2.45, 2.75) is 71.6 Å². The monoisotopic (exact) mass is 525 g/mol. The molecule has 2 rings (SSSR count). The van der Waals surface area contributed by atoms with Gasteiger partial charge in [-0.1, -0.05) is 65.1 Å². The van der Waals surface area contributed by atoms with Crippen molar-refractivity contribution < 1.29 is 13.2 Å². The maximum Gasteiger partial charge on any atom is 0.225 e. The van der Waals surface area contributed by atoms with Gasteiger partial charge in [-0.05, 0) is 55.2 Å². The maximum atomic E-state index is 11.8. The molecule has 8 heteroatoms. The lowest BCUT2D eigenvalue weighted by molar-refractivity contribution is 0.227. The second-order valence-electron chi connectivity index (χ2n) is 9.15. The van der Waals surface area contributed by atoms with Crippen molar-refractivity contribution in [3.8, 4) is 5.75 Å². The van der Waals surface area contributed by atoms with Gasteiger partial charge in [-0.2, -0.15) is 0 Å². The third kappa shape index (κ3) is 11.6. The Morgan fingerprint density at radius 3 is 2.29 bits per heavy atom. The zero-order valence-corrected chi connectivity index (χ0v) is 24.1. The van der Waals surface area contributed by atoms with Crippen LogP contribution in [0.25, 0.3) is 0 Å². The summed E-state index contributed by atoms with van der Waals surface area (Å²) in [7, 11) is -1.21. The maximum absolute atomic E-state index is 11.8. The highest BCUT2D eigenvalue weighted by Crippen LogP contribution is 2.27. The van der Waals surface area contributed by atoms with E-state index in [9.17, 15) is 8.42 Å². The number of benzene rings is 1. The van der Waals surface area contributed by atoms with Gasteiger partial charge in [-0.15, -0.1) is 0 Å². The number of nitrogens with zero attached hydrogens (tertiary/aromatic N) is 3. The highest BCUT2D eigenvalue weighted by molar-refractivity contribution is 7.90. The Morgan fingerprint density at radius 2 is 1.71 bits per heavy atom. The molecule has 0 N–H and O–H groups in total. The number of halogens is 1. The first kappa shape index (κ1) is 31.2. The molecule has 1 heterocycles. The quantitative estimate of drug-likeness (QED) is 0.266. The normalized spacial score (nSPS) is 13.1. The SMILES string of the molecule is CC.CCC(CCC(CCOc1cccc(S(C)(=O)=O)c1)C(C)C)CCN(C)c1ncc(Cl)cn1. The Morgan fingerprint density at radius 1 is 1.06 bits per heavy atom. The van der Waals surface area contributed by atoms with Gasteiger partial charge in [0.15, 0.2) is 9.84 Å². The molecule has 0 saturated carbocycles. The van der Waals surface area contributed by atoms with Gasteiger partial charge in [0, 0.05) is 19.8 Å². The summed E-state index contributed by atoms with van der Waals surface area (Å²) in [6.07, 6.45) is 10.0. The van der Waals surface area contributed by atoms with Gasteiger partial charge in [-0.25, -0.2) is 18.4 Å². The van der Waals surface area contributed by atoms with Crippen molar-refractivity contribution in [2.75, 3.05) is 31.4 Å². The molecule has 0 amide bonds. The fourth-order valence-corrected chi connectivity index (χ4v) is 4.67. The molecule has 2 unspecified atom stereocenters. The van der Waals surface area contributed by atoms with Crippen molar-refractivity contribution >= 4 is 27.4 Å². The van der Waals surface area contributed by atoms with Gasteiger partial charge >= 0.3 is 0 Å². The standard InChI is InChI=1S/C25H38ClN3O3S.C2H6/c1-6-20(12-14-29(4)25-27-17-22(26)18-28-25)10-11-21(19(2)3)13-15-32-23-8-7-9-24(16-23)33(5,30)31;1-2/h7-9,16-21H,6,10-15H2,1-5H3;1-2H3. The van der Waals surface area contributed by atoms with Crippen molar-refractivity contribution in [3.05, 3.63) is 41.7 Å². The van der Waals surface area contributed by atoms with Crippen LogP contribution in [0.15, 0.2) is 41.6 Å². The first-order chi connectivity index (χ1) is 16.6. The molecule has 0 aliphatic heterocycles. The third-order valence-electron chi connectivity index (χ3n) is 6.28.